The van der Waals surface area contributed by atoms with E-state index in [0.717, 1.165) is 25.7 Å². The van der Waals surface area contributed by atoms with Crippen molar-refractivity contribution in [2.75, 3.05) is 26.3 Å². The maximum Gasteiger partial charge on any atom is 0.237 e. The predicted molar refractivity (Wildman–Crippen MR) is 107 cm³/mol. The average Bonchev–Trinajstić information content (AvgIpc) is 3.15. The molecular weight excluding hydrogens is 366 g/mol. The number of amides is 2. The lowest BCUT2D eigenvalue weighted by atomic mass is 9.91. The molecule has 27 heavy (non-hydrogen) atoms. The quantitative estimate of drug-likeness (QED) is 0.764. The predicted octanol–water partition coefficient (Wildman–Crippen LogP) is 1.51. The SMILES string of the molecule is Cl.NC(C(=O)NC1CCN(C(=O)CCc2ccccc2)C1)C1CCOCC1. The first-order valence-electron chi connectivity index (χ1n) is 9.59. The third-order valence-corrected chi connectivity index (χ3v) is 5.43. The maximum absolute atomic E-state index is 12.4. The molecule has 2 aliphatic heterocycles. The smallest absolute Gasteiger partial charge is 0.237 e. The lowest BCUT2D eigenvalue weighted by molar-refractivity contribution is -0.130. The molecule has 7 heteroatoms. The van der Waals surface area contributed by atoms with E-state index in [1.54, 1.807) is 0 Å². The Balaban J connectivity index is 0.00000261. The van der Waals surface area contributed by atoms with Crippen molar-refractivity contribution >= 4 is 24.2 Å². The topological polar surface area (TPSA) is 84.7 Å². The molecule has 2 amide bonds. The first kappa shape index (κ1) is 21.7. The van der Waals surface area contributed by atoms with Gasteiger partial charge in [0.25, 0.3) is 0 Å². The summed E-state index contributed by atoms with van der Waals surface area (Å²) in [6.45, 7) is 2.64. The second kappa shape index (κ2) is 10.6. The Hall–Kier alpha value is -1.63. The summed E-state index contributed by atoms with van der Waals surface area (Å²) in [4.78, 5) is 26.7. The van der Waals surface area contributed by atoms with Crippen molar-refractivity contribution in [1.29, 1.82) is 0 Å². The lowest BCUT2D eigenvalue weighted by Gasteiger charge is -2.27. The highest BCUT2D eigenvalue weighted by Crippen LogP contribution is 2.18. The van der Waals surface area contributed by atoms with E-state index < -0.39 is 6.04 Å². The molecule has 0 spiro atoms. The minimum atomic E-state index is -0.485. The summed E-state index contributed by atoms with van der Waals surface area (Å²) >= 11 is 0. The molecule has 1 aromatic carbocycles. The van der Waals surface area contributed by atoms with Gasteiger partial charge in [0.05, 0.1) is 6.04 Å². The highest BCUT2D eigenvalue weighted by molar-refractivity contribution is 5.85. The third kappa shape index (κ3) is 6.19. The molecule has 0 bridgehead atoms. The molecule has 2 heterocycles. The fourth-order valence-corrected chi connectivity index (χ4v) is 3.75. The summed E-state index contributed by atoms with van der Waals surface area (Å²) in [5.41, 5.74) is 7.30. The van der Waals surface area contributed by atoms with E-state index in [1.807, 2.05) is 35.2 Å². The van der Waals surface area contributed by atoms with Gasteiger partial charge in [0.15, 0.2) is 0 Å². The van der Waals surface area contributed by atoms with Gasteiger partial charge in [-0.15, -0.1) is 12.4 Å². The van der Waals surface area contributed by atoms with Gasteiger partial charge in [-0.2, -0.15) is 0 Å². The van der Waals surface area contributed by atoms with Crippen LogP contribution in [0.5, 0.6) is 0 Å². The number of nitrogens with two attached hydrogens (primary N) is 1. The van der Waals surface area contributed by atoms with Crippen molar-refractivity contribution in [3.63, 3.8) is 0 Å². The van der Waals surface area contributed by atoms with Crippen LogP contribution in [0.2, 0.25) is 0 Å². The number of hydrogen-bond acceptors (Lipinski definition) is 4. The zero-order valence-corrected chi connectivity index (χ0v) is 16.5. The van der Waals surface area contributed by atoms with Crippen LogP contribution in [0.15, 0.2) is 30.3 Å². The van der Waals surface area contributed by atoms with Gasteiger partial charge in [-0.05, 0) is 37.2 Å². The highest BCUT2D eigenvalue weighted by atomic mass is 35.5. The van der Waals surface area contributed by atoms with Crippen LogP contribution in [0, 0.1) is 5.92 Å². The maximum atomic E-state index is 12.4. The van der Waals surface area contributed by atoms with Crippen LogP contribution in [0.3, 0.4) is 0 Å². The number of aryl methyl sites for hydroxylation is 1. The zero-order chi connectivity index (χ0) is 18.4. The fourth-order valence-electron chi connectivity index (χ4n) is 3.75. The van der Waals surface area contributed by atoms with Crippen LogP contribution >= 0.6 is 12.4 Å². The number of hydrogen-bond donors (Lipinski definition) is 2. The molecule has 2 saturated heterocycles. The molecule has 6 nitrogen and oxygen atoms in total. The van der Waals surface area contributed by atoms with Crippen LogP contribution in [0.4, 0.5) is 0 Å². The van der Waals surface area contributed by atoms with E-state index in [4.69, 9.17) is 10.5 Å². The first-order valence-corrected chi connectivity index (χ1v) is 9.59. The highest BCUT2D eigenvalue weighted by Gasteiger charge is 2.31. The molecule has 2 aliphatic rings. The van der Waals surface area contributed by atoms with Crippen molar-refractivity contribution in [1.82, 2.24) is 10.2 Å². The van der Waals surface area contributed by atoms with Gasteiger partial charge in [0, 0.05) is 38.8 Å². The van der Waals surface area contributed by atoms with Crippen LogP contribution in [0.25, 0.3) is 0 Å². The Morgan fingerprint density at radius 2 is 1.89 bits per heavy atom. The Kier molecular flexibility index (Phi) is 8.54. The largest absolute Gasteiger partial charge is 0.381 e. The van der Waals surface area contributed by atoms with Crippen LogP contribution in [-0.2, 0) is 20.7 Å². The minimum Gasteiger partial charge on any atom is -0.381 e. The summed E-state index contributed by atoms with van der Waals surface area (Å²) < 4.78 is 5.33. The van der Waals surface area contributed by atoms with Crippen LogP contribution in [0.1, 0.15) is 31.2 Å². The number of likely N-dealkylation sites (tertiary alicyclic amines) is 1. The molecular formula is C20H30ClN3O3. The molecule has 0 radical (unpaired) electrons. The molecule has 150 valence electrons. The molecule has 2 unspecified atom stereocenters. The molecule has 0 aliphatic carbocycles. The zero-order valence-electron chi connectivity index (χ0n) is 15.6. The molecule has 3 N–H and O–H groups in total. The Morgan fingerprint density at radius 3 is 2.59 bits per heavy atom. The molecule has 3 rings (SSSR count). The number of nitrogens with zero attached hydrogens (tertiary/aromatic N) is 1. The standard InChI is InChI=1S/C20H29N3O3.ClH/c21-19(16-9-12-26-13-10-16)20(25)22-17-8-11-23(14-17)18(24)7-6-15-4-2-1-3-5-15;/h1-5,16-17,19H,6-14,21H2,(H,22,25);1H. The average molecular weight is 396 g/mol. The van der Waals surface area contributed by atoms with Crippen molar-refractivity contribution in [3.05, 3.63) is 35.9 Å². The first-order chi connectivity index (χ1) is 12.6. The molecule has 1 aromatic rings. The number of benzene rings is 1. The lowest BCUT2D eigenvalue weighted by Crippen LogP contribution is -2.50. The summed E-state index contributed by atoms with van der Waals surface area (Å²) in [5, 5.41) is 3.04. The van der Waals surface area contributed by atoms with Crippen molar-refractivity contribution in [2.45, 2.75) is 44.2 Å². The van der Waals surface area contributed by atoms with E-state index in [9.17, 15) is 9.59 Å². The summed E-state index contributed by atoms with van der Waals surface area (Å²) in [6.07, 6.45) is 3.73. The minimum absolute atomic E-state index is 0. The Morgan fingerprint density at radius 1 is 1.19 bits per heavy atom. The molecule has 0 aromatic heterocycles. The van der Waals surface area contributed by atoms with Gasteiger partial charge in [0.1, 0.15) is 0 Å². The van der Waals surface area contributed by atoms with Gasteiger partial charge in [-0.1, -0.05) is 30.3 Å². The summed E-state index contributed by atoms with van der Waals surface area (Å²) in [7, 11) is 0. The normalized spacial score (nSPS) is 21.4. The van der Waals surface area contributed by atoms with E-state index in [0.29, 0.717) is 32.7 Å². The monoisotopic (exact) mass is 395 g/mol. The van der Waals surface area contributed by atoms with Crippen molar-refractivity contribution < 1.29 is 14.3 Å². The van der Waals surface area contributed by atoms with Crippen LogP contribution in [-0.4, -0.2) is 55.1 Å². The number of nitrogens with one attached hydrogen (secondary N) is 1. The van der Waals surface area contributed by atoms with Gasteiger partial charge in [-0.3, -0.25) is 9.59 Å². The third-order valence-electron chi connectivity index (χ3n) is 5.43. The van der Waals surface area contributed by atoms with Crippen molar-refractivity contribution in [3.8, 4) is 0 Å². The molecule has 2 atom stereocenters. The molecule has 0 saturated carbocycles. The number of ether oxygens (including phenoxy) is 1. The van der Waals surface area contributed by atoms with Gasteiger partial charge >= 0.3 is 0 Å². The van der Waals surface area contributed by atoms with E-state index in [2.05, 4.69) is 5.32 Å². The van der Waals surface area contributed by atoms with E-state index in [-0.39, 0.29) is 36.2 Å². The van der Waals surface area contributed by atoms with Gasteiger partial charge < -0.3 is 20.7 Å². The van der Waals surface area contributed by atoms with E-state index in [1.165, 1.54) is 5.56 Å². The van der Waals surface area contributed by atoms with E-state index >= 15 is 0 Å². The molecule has 2 fully saturated rings. The fraction of sp³-hybridized carbons (Fsp3) is 0.600. The second-order valence-electron chi connectivity index (χ2n) is 7.30. The van der Waals surface area contributed by atoms with Gasteiger partial charge in [0.2, 0.25) is 11.8 Å². The number of carbonyl (C=O) groups is 2. The number of halogens is 1. The Labute approximate surface area is 167 Å². The van der Waals surface area contributed by atoms with Gasteiger partial charge in [-0.25, -0.2) is 0 Å². The van der Waals surface area contributed by atoms with Crippen molar-refractivity contribution in [2.24, 2.45) is 11.7 Å². The second-order valence-corrected chi connectivity index (χ2v) is 7.30. The summed E-state index contributed by atoms with van der Waals surface area (Å²) in [5.74, 6) is 0.244. The number of carbonyl (C=O) groups excluding carboxylic acids is 2. The summed E-state index contributed by atoms with van der Waals surface area (Å²) in [6, 6.07) is 9.56. The van der Waals surface area contributed by atoms with Crippen LogP contribution < -0.4 is 11.1 Å². The Bertz CT molecular complexity index is 608. The number of rotatable bonds is 6.